The lowest BCUT2D eigenvalue weighted by atomic mass is 9.64. The molecule has 1 unspecified atom stereocenters. The first kappa shape index (κ1) is 41.8. The zero-order chi connectivity index (χ0) is 24.8. The minimum absolute atomic E-state index is 0. The van der Waals surface area contributed by atoms with Gasteiger partial charge in [-0.1, -0.05) is 47.3 Å². The Morgan fingerprint density at radius 1 is 0.900 bits per heavy atom. The number of nitrogens with zero attached hydrogens (tertiary/aromatic N) is 2. The van der Waals surface area contributed by atoms with Crippen LogP contribution in [-0.4, -0.2) is 95.1 Å². The van der Waals surface area contributed by atoms with E-state index in [1.165, 1.54) is 97.1 Å². The van der Waals surface area contributed by atoms with Crippen molar-refractivity contribution >= 4 is 11.6 Å². The van der Waals surface area contributed by atoms with E-state index in [-0.39, 0.29) is 29.3 Å². The number of nitrogens with one attached hydrogen (secondary N) is 2. The quantitative estimate of drug-likeness (QED) is 0.294. The lowest BCUT2D eigenvalue weighted by Crippen LogP contribution is -2.53. The molecule has 2 saturated heterocycles. The molecule has 8 nitrogen and oxygen atoms in total. The third-order valence-corrected chi connectivity index (χ3v) is 10.3. The second kappa shape index (κ2) is 19.8. The second-order valence-corrected chi connectivity index (χ2v) is 14.1. The van der Waals surface area contributed by atoms with Gasteiger partial charge in [0.1, 0.15) is 0 Å². The van der Waals surface area contributed by atoms with Crippen LogP contribution in [0.15, 0.2) is 12.2 Å². The summed E-state index contributed by atoms with van der Waals surface area (Å²) in [6, 6.07) is 1.28. The highest BCUT2D eigenvalue weighted by molar-refractivity contribution is 6.20. The Labute approximate surface area is 251 Å². The van der Waals surface area contributed by atoms with Crippen molar-refractivity contribution in [1.82, 2.24) is 20.4 Å². The smallest absolute Gasteiger partial charge is 0.0482 e. The zero-order valence-corrected chi connectivity index (χ0v) is 26.0. The maximum absolute atomic E-state index is 6.41. The molecule has 40 heavy (non-hydrogen) atoms. The van der Waals surface area contributed by atoms with Crippen LogP contribution in [0, 0.1) is 29.1 Å². The van der Waals surface area contributed by atoms with E-state index in [0.29, 0.717) is 28.8 Å². The molecular weight excluding hydrogens is 528 g/mol. The van der Waals surface area contributed by atoms with Crippen LogP contribution < -0.4 is 10.6 Å². The van der Waals surface area contributed by atoms with E-state index in [1.807, 2.05) is 0 Å². The summed E-state index contributed by atoms with van der Waals surface area (Å²) >= 11 is 6.41. The monoisotopic (exact) mass is 594 g/mol. The van der Waals surface area contributed by atoms with Gasteiger partial charge >= 0.3 is 0 Å². The second-order valence-electron chi connectivity index (χ2n) is 13.5. The van der Waals surface area contributed by atoms with Crippen molar-refractivity contribution in [2.75, 3.05) is 45.9 Å². The standard InChI is InChI=1S/C30H55ClN4.CH4.4H2O/c1-23(2)29(32-18-24-14-16-35(19-24)22-33-27-8-6-5-7-9-27)20-34-17-15-28(30(3,4)21-34)25-10-12-26(31)13-11-25;;;;;/h5-6,23-29,32-33H,7-22H2,1-4H3;1H4;4*1H2/t24-,25?,26?,27?,28+,29-;;;;;/m0...../s1. The van der Waals surface area contributed by atoms with E-state index in [0.717, 1.165) is 24.4 Å². The predicted molar refractivity (Wildman–Crippen MR) is 172 cm³/mol. The highest BCUT2D eigenvalue weighted by atomic mass is 35.5. The van der Waals surface area contributed by atoms with Gasteiger partial charge in [0.25, 0.3) is 0 Å². The maximum atomic E-state index is 6.41. The Morgan fingerprint density at radius 3 is 2.17 bits per heavy atom. The van der Waals surface area contributed by atoms with Gasteiger partial charge in [-0.2, -0.15) is 0 Å². The molecule has 0 amide bonds. The Morgan fingerprint density at radius 2 is 1.57 bits per heavy atom. The fourth-order valence-corrected chi connectivity index (χ4v) is 7.82. The van der Waals surface area contributed by atoms with Crippen molar-refractivity contribution in [3.8, 4) is 0 Å². The fraction of sp³-hybridized carbons (Fsp3) is 0.935. The molecule has 4 atom stereocenters. The van der Waals surface area contributed by atoms with E-state index in [9.17, 15) is 0 Å². The van der Waals surface area contributed by atoms with Gasteiger partial charge in [-0.25, -0.2) is 0 Å². The SMILES string of the molecule is C.CC(C)[C@H](CN1CC[C@H](C2CCC(Cl)CC2)C(C)(C)C1)NC[C@@H]1CCN(CNC2CC=CCC2)C1.O.O.O.O. The third-order valence-electron chi connectivity index (χ3n) is 9.83. The maximum Gasteiger partial charge on any atom is 0.0482 e. The molecule has 0 spiro atoms. The number of hydrogen-bond donors (Lipinski definition) is 2. The van der Waals surface area contributed by atoms with Gasteiger partial charge in [-0.3, -0.25) is 4.90 Å². The van der Waals surface area contributed by atoms with Crippen molar-refractivity contribution in [2.45, 2.75) is 110 Å². The van der Waals surface area contributed by atoms with Crippen LogP contribution >= 0.6 is 11.6 Å². The molecule has 0 aromatic carbocycles. The number of alkyl halides is 1. The molecule has 4 rings (SSSR count). The first-order valence-electron chi connectivity index (χ1n) is 15.0. The lowest BCUT2D eigenvalue weighted by Gasteiger charge is -2.49. The summed E-state index contributed by atoms with van der Waals surface area (Å²) in [5, 5.41) is 8.26. The number of likely N-dealkylation sites (tertiary alicyclic amines) is 2. The number of hydrogen-bond acceptors (Lipinski definition) is 4. The van der Waals surface area contributed by atoms with E-state index in [1.54, 1.807) is 0 Å². The van der Waals surface area contributed by atoms with Crippen molar-refractivity contribution < 1.29 is 21.9 Å². The molecule has 2 aliphatic heterocycles. The molecule has 0 aromatic heterocycles. The molecule has 1 saturated carbocycles. The number of rotatable bonds is 10. The van der Waals surface area contributed by atoms with E-state index in [2.05, 4.69) is 60.3 Å². The minimum atomic E-state index is 0. The van der Waals surface area contributed by atoms with Crippen molar-refractivity contribution in [3.63, 3.8) is 0 Å². The van der Waals surface area contributed by atoms with Gasteiger partial charge < -0.3 is 37.4 Å². The molecule has 2 aliphatic carbocycles. The number of allylic oxidation sites excluding steroid dienone is 1. The van der Waals surface area contributed by atoms with Gasteiger partial charge in [0, 0.05) is 43.8 Å². The largest absolute Gasteiger partial charge is 0.412 e. The highest BCUT2D eigenvalue weighted by Crippen LogP contribution is 2.45. The topological polar surface area (TPSA) is 157 Å². The summed E-state index contributed by atoms with van der Waals surface area (Å²) in [5.41, 5.74) is 0.413. The average molecular weight is 595 g/mol. The predicted octanol–water partition coefficient (Wildman–Crippen LogP) is 3.06. The molecule has 0 aromatic rings. The van der Waals surface area contributed by atoms with Gasteiger partial charge in [0.15, 0.2) is 0 Å². The molecule has 242 valence electrons. The Kier molecular flexibility index (Phi) is 20.7. The van der Waals surface area contributed by atoms with Crippen LogP contribution in [0.3, 0.4) is 0 Å². The van der Waals surface area contributed by atoms with Crippen LogP contribution in [0.2, 0.25) is 0 Å². The summed E-state index contributed by atoms with van der Waals surface area (Å²) in [5.74, 6) is 3.24. The molecule has 0 bridgehead atoms. The van der Waals surface area contributed by atoms with Gasteiger partial charge in [-0.15, -0.1) is 11.6 Å². The molecular formula is C31H67ClN4O4. The van der Waals surface area contributed by atoms with Crippen molar-refractivity contribution in [3.05, 3.63) is 12.2 Å². The Bertz CT molecular complexity index is 676. The van der Waals surface area contributed by atoms with Crippen LogP contribution in [0.1, 0.15) is 92.9 Å². The fourth-order valence-electron chi connectivity index (χ4n) is 7.56. The van der Waals surface area contributed by atoms with Crippen LogP contribution in [0.5, 0.6) is 0 Å². The van der Waals surface area contributed by atoms with Gasteiger partial charge in [-0.05, 0) is 107 Å². The zero-order valence-electron chi connectivity index (χ0n) is 25.3. The molecule has 2 heterocycles. The molecule has 9 heteroatoms. The normalized spacial score (nSPS) is 31.1. The lowest BCUT2D eigenvalue weighted by molar-refractivity contribution is 0.00468. The number of piperidine rings is 1. The summed E-state index contributed by atoms with van der Waals surface area (Å²) in [4.78, 5) is 5.42. The van der Waals surface area contributed by atoms with Crippen molar-refractivity contribution in [2.24, 2.45) is 29.1 Å². The highest BCUT2D eigenvalue weighted by Gasteiger charge is 2.41. The first-order chi connectivity index (χ1) is 16.8. The number of halogens is 1. The summed E-state index contributed by atoms with van der Waals surface area (Å²) in [6.07, 6.45) is 16.3. The van der Waals surface area contributed by atoms with E-state index >= 15 is 0 Å². The third kappa shape index (κ3) is 12.1. The first-order valence-corrected chi connectivity index (χ1v) is 15.4. The minimum Gasteiger partial charge on any atom is -0.412 e. The van der Waals surface area contributed by atoms with Crippen LogP contribution in [0.25, 0.3) is 0 Å². The molecule has 3 fully saturated rings. The summed E-state index contributed by atoms with van der Waals surface area (Å²) in [6.45, 7) is 18.4. The van der Waals surface area contributed by atoms with Gasteiger partial charge in [0.2, 0.25) is 0 Å². The Hall–Kier alpha value is -0.290. The molecule has 0 radical (unpaired) electrons. The summed E-state index contributed by atoms with van der Waals surface area (Å²) in [7, 11) is 0. The van der Waals surface area contributed by atoms with E-state index in [4.69, 9.17) is 11.6 Å². The summed E-state index contributed by atoms with van der Waals surface area (Å²) < 4.78 is 0. The van der Waals surface area contributed by atoms with Gasteiger partial charge in [0.05, 0.1) is 0 Å². The molecule has 4 aliphatic rings. The van der Waals surface area contributed by atoms with Crippen LogP contribution in [0.4, 0.5) is 0 Å². The Balaban J connectivity index is 0. The van der Waals surface area contributed by atoms with Crippen molar-refractivity contribution in [1.29, 1.82) is 0 Å². The van der Waals surface area contributed by atoms with Crippen LogP contribution in [-0.2, 0) is 0 Å². The molecule has 10 N–H and O–H groups in total. The average Bonchev–Trinajstić information content (AvgIpc) is 3.29. The van der Waals surface area contributed by atoms with E-state index < -0.39 is 0 Å².